The van der Waals surface area contributed by atoms with Gasteiger partial charge in [0.05, 0.1) is 5.52 Å². The van der Waals surface area contributed by atoms with E-state index < -0.39 is 0 Å². The first-order chi connectivity index (χ1) is 6.42. The van der Waals surface area contributed by atoms with E-state index in [1.54, 1.807) is 6.20 Å². The predicted molar refractivity (Wildman–Crippen MR) is 51.4 cm³/mol. The zero-order valence-electron chi connectivity index (χ0n) is 7.10. The van der Waals surface area contributed by atoms with Gasteiger partial charge in [-0.05, 0) is 24.3 Å². The average Bonchev–Trinajstić information content (AvgIpc) is 2.19. The van der Waals surface area contributed by atoms with Gasteiger partial charge >= 0.3 is 0 Å². The van der Waals surface area contributed by atoms with E-state index in [1.165, 1.54) is 0 Å². The third-order valence-electron chi connectivity index (χ3n) is 1.84. The molecule has 0 saturated heterocycles. The van der Waals surface area contributed by atoms with Gasteiger partial charge in [0.25, 0.3) is 0 Å². The van der Waals surface area contributed by atoms with Crippen molar-refractivity contribution in [3.8, 4) is 5.75 Å². The Labute approximate surface area is 76.2 Å². The van der Waals surface area contributed by atoms with Crippen LogP contribution in [0.15, 0.2) is 36.5 Å². The summed E-state index contributed by atoms with van der Waals surface area (Å²) in [6, 6.07) is 9.58. The van der Waals surface area contributed by atoms with E-state index in [-0.39, 0.29) is 6.73 Å². The van der Waals surface area contributed by atoms with Crippen LogP contribution in [0.25, 0.3) is 10.9 Å². The summed E-state index contributed by atoms with van der Waals surface area (Å²) >= 11 is 0. The number of fused-ring (bicyclic) bond motifs is 1. The van der Waals surface area contributed by atoms with E-state index in [9.17, 15) is 0 Å². The molecule has 66 valence electrons. The molecule has 3 nitrogen and oxygen atoms in total. The highest BCUT2D eigenvalue weighted by molar-refractivity contribution is 5.84. The molecule has 2 rings (SSSR count). The van der Waals surface area contributed by atoms with E-state index in [2.05, 4.69) is 4.98 Å². The largest absolute Gasteiger partial charge is 0.478 e. The van der Waals surface area contributed by atoms with Crippen molar-refractivity contribution in [2.75, 3.05) is 6.73 Å². The number of hydrogen-bond donors (Lipinski definition) is 1. The van der Waals surface area contributed by atoms with Crippen LogP contribution in [0.3, 0.4) is 0 Å². The zero-order chi connectivity index (χ0) is 9.10. The van der Waals surface area contributed by atoms with E-state index in [1.807, 2.05) is 30.3 Å². The minimum Gasteiger partial charge on any atom is -0.478 e. The molecule has 0 spiro atoms. The molecule has 1 aromatic heterocycles. The van der Waals surface area contributed by atoms with Gasteiger partial charge < -0.3 is 4.74 Å². The van der Waals surface area contributed by atoms with Gasteiger partial charge in [-0.15, -0.1) is 0 Å². The first-order valence-corrected chi connectivity index (χ1v) is 4.08. The number of nitrogens with zero attached hydrogens (tertiary/aromatic N) is 1. The van der Waals surface area contributed by atoms with Crippen molar-refractivity contribution in [2.45, 2.75) is 0 Å². The molecule has 0 amide bonds. The van der Waals surface area contributed by atoms with Gasteiger partial charge in [-0.3, -0.25) is 10.7 Å². The lowest BCUT2D eigenvalue weighted by atomic mass is 10.2. The molecule has 0 unspecified atom stereocenters. The van der Waals surface area contributed by atoms with E-state index in [4.69, 9.17) is 10.5 Å². The molecule has 3 heteroatoms. The van der Waals surface area contributed by atoms with Crippen LogP contribution in [0.4, 0.5) is 0 Å². The lowest BCUT2D eigenvalue weighted by Gasteiger charge is -2.05. The third kappa shape index (κ3) is 1.46. The minimum absolute atomic E-state index is 0.188. The fourth-order valence-corrected chi connectivity index (χ4v) is 1.29. The number of ether oxygens (including phenoxy) is 1. The van der Waals surface area contributed by atoms with Crippen molar-refractivity contribution in [1.29, 1.82) is 0 Å². The monoisotopic (exact) mass is 174 g/mol. The maximum Gasteiger partial charge on any atom is 0.137 e. The van der Waals surface area contributed by atoms with Crippen LogP contribution in [-0.2, 0) is 0 Å². The molecular formula is C10H10N2O. The molecule has 0 radical (unpaired) electrons. The Morgan fingerprint density at radius 1 is 1.23 bits per heavy atom. The summed E-state index contributed by atoms with van der Waals surface area (Å²) in [6.07, 6.45) is 1.76. The fraction of sp³-hybridized carbons (Fsp3) is 0.100. The highest BCUT2D eigenvalue weighted by atomic mass is 16.5. The molecule has 0 atom stereocenters. The van der Waals surface area contributed by atoms with Crippen LogP contribution in [0.1, 0.15) is 0 Å². The molecule has 0 aliphatic carbocycles. The quantitative estimate of drug-likeness (QED) is 0.702. The summed E-state index contributed by atoms with van der Waals surface area (Å²) in [5, 5.41) is 0.996. The summed E-state index contributed by atoms with van der Waals surface area (Å²) < 4.78 is 5.26. The summed E-state index contributed by atoms with van der Waals surface area (Å²) in [6.45, 7) is 0.188. The molecule has 2 N–H and O–H groups in total. The van der Waals surface area contributed by atoms with Crippen molar-refractivity contribution >= 4 is 10.9 Å². The molecule has 0 aliphatic rings. The van der Waals surface area contributed by atoms with Gasteiger partial charge in [0.1, 0.15) is 12.5 Å². The van der Waals surface area contributed by atoms with Crippen molar-refractivity contribution in [3.63, 3.8) is 0 Å². The molecule has 0 aliphatic heterocycles. The van der Waals surface area contributed by atoms with Crippen molar-refractivity contribution in [2.24, 2.45) is 5.73 Å². The number of hydrogen-bond acceptors (Lipinski definition) is 3. The topological polar surface area (TPSA) is 48.1 Å². The Bertz CT molecular complexity index is 409. The Hall–Kier alpha value is -1.61. The maximum atomic E-state index is 5.31. The molecule has 0 fully saturated rings. The standard InChI is InChI=1S/C10H10N2O/c11-7-13-10-5-1-4-9-8(10)3-2-6-12-9/h1-6H,7,11H2. The number of rotatable bonds is 2. The molecule has 13 heavy (non-hydrogen) atoms. The Balaban J connectivity index is 2.61. The molecule has 0 saturated carbocycles. The number of nitrogens with two attached hydrogens (primary N) is 1. The minimum atomic E-state index is 0.188. The first kappa shape index (κ1) is 8.01. The van der Waals surface area contributed by atoms with Gasteiger partial charge in [-0.1, -0.05) is 6.07 Å². The smallest absolute Gasteiger partial charge is 0.137 e. The predicted octanol–water partition coefficient (Wildman–Crippen LogP) is 1.53. The van der Waals surface area contributed by atoms with Crippen LogP contribution < -0.4 is 10.5 Å². The number of benzene rings is 1. The normalized spacial score (nSPS) is 10.2. The fourth-order valence-electron chi connectivity index (χ4n) is 1.29. The zero-order valence-corrected chi connectivity index (χ0v) is 7.10. The number of pyridine rings is 1. The Kier molecular flexibility index (Phi) is 2.10. The lowest BCUT2D eigenvalue weighted by molar-refractivity contribution is 0.333. The summed E-state index contributed by atoms with van der Waals surface area (Å²) in [5.74, 6) is 0.785. The molecule has 1 heterocycles. The number of aromatic nitrogens is 1. The van der Waals surface area contributed by atoms with Crippen molar-refractivity contribution < 1.29 is 4.74 Å². The maximum absolute atomic E-state index is 5.31. The second-order valence-corrected chi connectivity index (χ2v) is 2.64. The highest BCUT2D eigenvalue weighted by Crippen LogP contribution is 2.22. The first-order valence-electron chi connectivity index (χ1n) is 4.08. The Morgan fingerprint density at radius 2 is 2.15 bits per heavy atom. The second kappa shape index (κ2) is 3.41. The summed E-state index contributed by atoms with van der Waals surface area (Å²) in [4.78, 5) is 4.20. The van der Waals surface area contributed by atoms with Gasteiger partial charge in [0.15, 0.2) is 0 Å². The van der Waals surface area contributed by atoms with Crippen molar-refractivity contribution in [1.82, 2.24) is 4.98 Å². The van der Waals surface area contributed by atoms with Crippen molar-refractivity contribution in [3.05, 3.63) is 36.5 Å². The van der Waals surface area contributed by atoms with Gasteiger partial charge in [-0.25, -0.2) is 0 Å². The van der Waals surface area contributed by atoms with Crippen LogP contribution in [0.2, 0.25) is 0 Å². The highest BCUT2D eigenvalue weighted by Gasteiger charge is 1.99. The van der Waals surface area contributed by atoms with Crippen LogP contribution in [0, 0.1) is 0 Å². The van der Waals surface area contributed by atoms with Crippen LogP contribution in [-0.4, -0.2) is 11.7 Å². The van der Waals surface area contributed by atoms with E-state index in [0.29, 0.717) is 0 Å². The Morgan fingerprint density at radius 3 is 3.00 bits per heavy atom. The van der Waals surface area contributed by atoms with Gasteiger partial charge in [0.2, 0.25) is 0 Å². The molecule has 0 bridgehead atoms. The molecule has 2 aromatic rings. The second-order valence-electron chi connectivity index (χ2n) is 2.64. The summed E-state index contributed by atoms with van der Waals surface area (Å²) in [5.41, 5.74) is 6.23. The average molecular weight is 174 g/mol. The van der Waals surface area contributed by atoms with Gasteiger partial charge in [0, 0.05) is 11.6 Å². The van der Waals surface area contributed by atoms with Crippen LogP contribution >= 0.6 is 0 Å². The third-order valence-corrected chi connectivity index (χ3v) is 1.84. The van der Waals surface area contributed by atoms with Gasteiger partial charge in [-0.2, -0.15) is 0 Å². The molecule has 1 aromatic carbocycles. The molecular weight excluding hydrogens is 164 g/mol. The van der Waals surface area contributed by atoms with Crippen LogP contribution in [0.5, 0.6) is 5.75 Å². The van der Waals surface area contributed by atoms with E-state index >= 15 is 0 Å². The summed E-state index contributed by atoms with van der Waals surface area (Å²) in [7, 11) is 0. The SMILES string of the molecule is NCOc1cccc2ncccc12. The lowest BCUT2D eigenvalue weighted by Crippen LogP contribution is -2.07. The van der Waals surface area contributed by atoms with E-state index in [0.717, 1.165) is 16.7 Å².